The van der Waals surface area contributed by atoms with Gasteiger partial charge < -0.3 is 14.4 Å². The van der Waals surface area contributed by atoms with Crippen LogP contribution in [0.2, 0.25) is 0 Å². The lowest BCUT2D eigenvalue weighted by atomic mass is 10.1. The van der Waals surface area contributed by atoms with E-state index in [-0.39, 0.29) is 5.56 Å². The minimum Gasteiger partial charge on any atom is -0.477 e. The molecule has 2 aromatic rings. The van der Waals surface area contributed by atoms with Gasteiger partial charge in [-0.1, -0.05) is 0 Å². The molecule has 20 heavy (non-hydrogen) atoms. The zero-order valence-corrected chi connectivity index (χ0v) is 13.3. The molecule has 2 rings (SSSR count). The average molecular weight is 387 g/mol. The summed E-state index contributed by atoms with van der Waals surface area (Å²) in [7, 11) is 0. The molecule has 1 aromatic carbocycles. The second kappa shape index (κ2) is 5.82. The zero-order chi connectivity index (χ0) is 14.9. The fourth-order valence-electron chi connectivity index (χ4n) is 2.08. The number of rotatable bonds is 4. The lowest BCUT2D eigenvalue weighted by molar-refractivity contribution is 0.0692. The number of fused-ring (bicyclic) bond motifs is 1. The normalized spacial score (nSPS) is 10.8. The van der Waals surface area contributed by atoms with Gasteiger partial charge >= 0.3 is 11.6 Å². The van der Waals surface area contributed by atoms with Gasteiger partial charge in [-0.05, 0) is 48.6 Å². The molecule has 0 amide bonds. The van der Waals surface area contributed by atoms with E-state index in [1.165, 1.54) is 6.07 Å². The molecule has 1 aromatic heterocycles. The quantitative estimate of drug-likeness (QED) is 0.646. The van der Waals surface area contributed by atoms with Gasteiger partial charge in [0, 0.05) is 28.1 Å². The molecule has 0 saturated carbocycles. The highest BCUT2D eigenvalue weighted by atomic mass is 127. The van der Waals surface area contributed by atoms with Crippen molar-refractivity contribution in [3.8, 4) is 0 Å². The average Bonchev–Trinajstić information content (AvgIpc) is 2.40. The van der Waals surface area contributed by atoms with Crippen LogP contribution in [0.5, 0.6) is 0 Å². The van der Waals surface area contributed by atoms with Gasteiger partial charge in [-0.3, -0.25) is 0 Å². The molecule has 0 aliphatic heterocycles. The first-order chi connectivity index (χ1) is 9.47. The maximum Gasteiger partial charge on any atom is 0.351 e. The predicted octanol–water partition coefficient (Wildman–Crippen LogP) is 2.94. The minimum atomic E-state index is -1.27. The summed E-state index contributed by atoms with van der Waals surface area (Å²) >= 11 is 2.20. The van der Waals surface area contributed by atoms with Crippen LogP contribution in [-0.2, 0) is 0 Å². The Hall–Kier alpha value is -1.57. The van der Waals surface area contributed by atoms with Crippen molar-refractivity contribution in [1.29, 1.82) is 0 Å². The Balaban J connectivity index is 2.69. The number of carbonyl (C=O) groups is 1. The van der Waals surface area contributed by atoms with E-state index in [0.29, 0.717) is 11.0 Å². The maximum atomic E-state index is 11.6. The first kappa shape index (κ1) is 14.8. The number of carboxylic acids is 1. The van der Waals surface area contributed by atoms with Gasteiger partial charge in [-0.2, -0.15) is 0 Å². The van der Waals surface area contributed by atoms with Gasteiger partial charge in [0.25, 0.3) is 0 Å². The third-order valence-electron chi connectivity index (χ3n) is 3.14. The van der Waals surface area contributed by atoms with Crippen LogP contribution in [-0.4, -0.2) is 24.2 Å². The third kappa shape index (κ3) is 2.65. The highest BCUT2D eigenvalue weighted by Crippen LogP contribution is 2.28. The summed E-state index contributed by atoms with van der Waals surface area (Å²) < 4.78 is 6.11. The second-order valence-corrected chi connectivity index (χ2v) is 5.43. The van der Waals surface area contributed by atoms with Gasteiger partial charge in [0.15, 0.2) is 0 Å². The van der Waals surface area contributed by atoms with Crippen molar-refractivity contribution >= 4 is 45.2 Å². The van der Waals surface area contributed by atoms with Crippen LogP contribution in [0.4, 0.5) is 5.69 Å². The van der Waals surface area contributed by atoms with Crippen molar-refractivity contribution < 1.29 is 14.3 Å². The van der Waals surface area contributed by atoms with Gasteiger partial charge in [0.1, 0.15) is 11.1 Å². The molecule has 0 radical (unpaired) electrons. The van der Waals surface area contributed by atoms with Crippen LogP contribution < -0.4 is 10.5 Å². The van der Waals surface area contributed by atoms with Crippen molar-refractivity contribution in [2.24, 2.45) is 0 Å². The molecule has 0 spiro atoms. The Bertz CT molecular complexity index is 719. The highest BCUT2D eigenvalue weighted by molar-refractivity contribution is 14.1. The molecule has 1 heterocycles. The number of hydrogen-bond donors (Lipinski definition) is 1. The summed E-state index contributed by atoms with van der Waals surface area (Å²) in [6, 6.07) is 4.98. The summed E-state index contributed by atoms with van der Waals surface area (Å²) in [5, 5.41) is 9.56. The van der Waals surface area contributed by atoms with E-state index < -0.39 is 11.6 Å². The Morgan fingerprint density at radius 1 is 1.30 bits per heavy atom. The molecule has 0 fully saturated rings. The number of benzene rings is 1. The van der Waals surface area contributed by atoms with Crippen LogP contribution in [0.3, 0.4) is 0 Å². The Morgan fingerprint density at radius 2 is 1.95 bits per heavy atom. The topological polar surface area (TPSA) is 70.8 Å². The van der Waals surface area contributed by atoms with Crippen molar-refractivity contribution in [3.05, 3.63) is 37.8 Å². The van der Waals surface area contributed by atoms with Gasteiger partial charge in [-0.15, -0.1) is 0 Å². The van der Waals surface area contributed by atoms with Crippen LogP contribution in [0.15, 0.2) is 27.4 Å². The summed E-state index contributed by atoms with van der Waals surface area (Å²) in [5.74, 6) is -1.27. The van der Waals surface area contributed by atoms with E-state index in [9.17, 15) is 9.59 Å². The Kier molecular flexibility index (Phi) is 4.32. The smallest absolute Gasteiger partial charge is 0.351 e. The van der Waals surface area contributed by atoms with E-state index in [2.05, 4.69) is 27.5 Å². The van der Waals surface area contributed by atoms with Crippen molar-refractivity contribution in [2.45, 2.75) is 13.8 Å². The van der Waals surface area contributed by atoms with Crippen LogP contribution in [0.1, 0.15) is 24.2 Å². The zero-order valence-electron chi connectivity index (χ0n) is 11.1. The van der Waals surface area contributed by atoms with Gasteiger partial charge in [-0.25, -0.2) is 9.59 Å². The second-order valence-electron chi connectivity index (χ2n) is 4.27. The van der Waals surface area contributed by atoms with E-state index in [0.717, 1.165) is 22.3 Å². The van der Waals surface area contributed by atoms with Crippen LogP contribution in [0.25, 0.3) is 11.0 Å². The first-order valence-electron chi connectivity index (χ1n) is 6.23. The maximum absolute atomic E-state index is 11.6. The number of aromatic carboxylic acids is 1. The number of hydrogen-bond acceptors (Lipinski definition) is 4. The molecule has 0 aliphatic carbocycles. The fourth-order valence-corrected chi connectivity index (χ4v) is 2.92. The summed E-state index contributed by atoms with van der Waals surface area (Å²) in [6.07, 6.45) is 0. The molecule has 0 unspecified atom stereocenters. The molecule has 0 bridgehead atoms. The number of carboxylic acid groups (broad SMARTS) is 1. The lowest BCUT2D eigenvalue weighted by Gasteiger charge is -2.22. The van der Waals surface area contributed by atoms with E-state index in [1.807, 2.05) is 19.9 Å². The molecular formula is C14H14INO4. The summed E-state index contributed by atoms with van der Waals surface area (Å²) in [6.45, 7) is 5.78. The number of halogens is 1. The number of anilines is 1. The Morgan fingerprint density at radius 3 is 2.50 bits per heavy atom. The molecule has 0 saturated heterocycles. The van der Waals surface area contributed by atoms with Crippen LogP contribution in [0, 0.1) is 3.57 Å². The number of nitrogens with zero attached hydrogens (tertiary/aromatic N) is 1. The molecule has 106 valence electrons. The van der Waals surface area contributed by atoms with Crippen molar-refractivity contribution in [1.82, 2.24) is 0 Å². The van der Waals surface area contributed by atoms with E-state index in [1.54, 1.807) is 6.07 Å². The fraction of sp³-hybridized carbons (Fsp3) is 0.286. The lowest BCUT2D eigenvalue weighted by Crippen LogP contribution is -2.22. The van der Waals surface area contributed by atoms with Crippen LogP contribution >= 0.6 is 22.6 Å². The van der Waals surface area contributed by atoms with Gasteiger partial charge in [0.05, 0.1) is 5.69 Å². The summed E-state index contributed by atoms with van der Waals surface area (Å²) in [5.41, 5.74) is 0.220. The van der Waals surface area contributed by atoms with Crippen molar-refractivity contribution in [3.63, 3.8) is 0 Å². The monoisotopic (exact) mass is 387 g/mol. The molecular weight excluding hydrogens is 373 g/mol. The Labute approximate surface area is 129 Å². The third-order valence-corrected chi connectivity index (χ3v) is 4.00. The predicted molar refractivity (Wildman–Crippen MR) is 85.7 cm³/mol. The molecule has 1 N–H and O–H groups in total. The SMILES string of the molecule is CCN(CC)c1cc2oc(=O)c(C(=O)O)cc2cc1I. The van der Waals surface area contributed by atoms with Gasteiger partial charge in [0.2, 0.25) is 0 Å². The highest BCUT2D eigenvalue weighted by Gasteiger charge is 2.15. The van der Waals surface area contributed by atoms with E-state index >= 15 is 0 Å². The van der Waals surface area contributed by atoms with E-state index in [4.69, 9.17) is 9.52 Å². The first-order valence-corrected chi connectivity index (χ1v) is 7.31. The molecule has 6 heteroatoms. The standard InChI is InChI=1S/C14H14INO4/c1-3-16(4-2)11-7-12-8(6-10(11)15)5-9(13(17)18)14(19)20-12/h5-7H,3-4H2,1-2H3,(H,17,18). The largest absolute Gasteiger partial charge is 0.477 e. The molecule has 0 atom stereocenters. The minimum absolute atomic E-state index is 0.344. The van der Waals surface area contributed by atoms with Crippen molar-refractivity contribution in [2.75, 3.05) is 18.0 Å². The molecule has 5 nitrogen and oxygen atoms in total. The molecule has 0 aliphatic rings. The summed E-state index contributed by atoms with van der Waals surface area (Å²) in [4.78, 5) is 24.7.